The molecule has 1 aliphatic rings. The zero-order valence-electron chi connectivity index (χ0n) is 16.5. The number of fused-ring (bicyclic) bond motifs is 2. The summed E-state index contributed by atoms with van der Waals surface area (Å²) in [7, 11) is 1.74. The first-order valence-corrected chi connectivity index (χ1v) is 10.4. The van der Waals surface area contributed by atoms with E-state index >= 15 is 0 Å². The van der Waals surface area contributed by atoms with Gasteiger partial charge in [0.2, 0.25) is 5.91 Å². The van der Waals surface area contributed by atoms with E-state index in [-0.39, 0.29) is 29.0 Å². The van der Waals surface area contributed by atoms with Crippen molar-refractivity contribution in [2.75, 3.05) is 17.7 Å². The molecule has 3 aromatic rings. The molecule has 148 valence electrons. The van der Waals surface area contributed by atoms with E-state index in [4.69, 9.17) is 0 Å². The third-order valence-electron chi connectivity index (χ3n) is 5.10. The average Bonchev–Trinajstić information content (AvgIpc) is 2.99. The first kappa shape index (κ1) is 19.4. The van der Waals surface area contributed by atoms with Crippen molar-refractivity contribution >= 4 is 40.0 Å². The van der Waals surface area contributed by atoms with Gasteiger partial charge in [0.05, 0.1) is 23.1 Å². The van der Waals surface area contributed by atoms with E-state index < -0.39 is 0 Å². The SMILES string of the molecule is CC(C)n1c(SCC(=O)c2ccc3c(c2)CC(=O)N3C)nc2ccccc2c1=O. The Morgan fingerprint density at radius 2 is 1.93 bits per heavy atom. The van der Waals surface area contributed by atoms with Gasteiger partial charge in [-0.25, -0.2) is 4.98 Å². The maximum atomic E-state index is 12.9. The van der Waals surface area contributed by atoms with Gasteiger partial charge in [-0.15, -0.1) is 0 Å². The van der Waals surface area contributed by atoms with Crippen LogP contribution in [0.15, 0.2) is 52.4 Å². The molecule has 0 saturated heterocycles. The predicted molar refractivity (Wildman–Crippen MR) is 115 cm³/mol. The van der Waals surface area contributed by atoms with E-state index in [1.165, 1.54) is 11.8 Å². The zero-order chi connectivity index (χ0) is 20.7. The molecule has 1 aliphatic heterocycles. The van der Waals surface area contributed by atoms with Crippen molar-refractivity contribution in [1.29, 1.82) is 0 Å². The summed E-state index contributed by atoms with van der Waals surface area (Å²) in [5, 5.41) is 1.11. The van der Waals surface area contributed by atoms with Crippen molar-refractivity contribution in [2.45, 2.75) is 31.5 Å². The average molecular weight is 407 g/mol. The minimum absolute atomic E-state index is 0.0280. The van der Waals surface area contributed by atoms with Gasteiger partial charge in [0, 0.05) is 24.3 Å². The Hall–Kier alpha value is -2.93. The number of Topliss-reactive ketones (excluding diaryl/α,β-unsaturated/α-hetero) is 1. The Morgan fingerprint density at radius 3 is 2.69 bits per heavy atom. The number of rotatable bonds is 5. The van der Waals surface area contributed by atoms with Crippen molar-refractivity contribution in [3.63, 3.8) is 0 Å². The fourth-order valence-electron chi connectivity index (χ4n) is 3.54. The van der Waals surface area contributed by atoms with Gasteiger partial charge in [0.15, 0.2) is 10.9 Å². The summed E-state index contributed by atoms with van der Waals surface area (Å²) in [6.07, 6.45) is 0.319. The third kappa shape index (κ3) is 3.46. The molecule has 0 radical (unpaired) electrons. The number of likely N-dealkylation sites (N-methyl/N-ethyl adjacent to an activating group) is 1. The summed E-state index contributed by atoms with van der Waals surface area (Å²) < 4.78 is 1.64. The number of aromatic nitrogens is 2. The first-order valence-electron chi connectivity index (χ1n) is 9.43. The summed E-state index contributed by atoms with van der Waals surface area (Å²) in [6.45, 7) is 3.86. The van der Waals surface area contributed by atoms with Gasteiger partial charge in [-0.3, -0.25) is 19.0 Å². The van der Waals surface area contributed by atoms with Crippen molar-refractivity contribution in [3.8, 4) is 0 Å². The number of thioether (sulfide) groups is 1. The monoisotopic (exact) mass is 407 g/mol. The van der Waals surface area contributed by atoms with E-state index in [0.717, 1.165) is 11.3 Å². The number of benzene rings is 2. The molecule has 0 unspecified atom stereocenters. The molecule has 0 N–H and O–H groups in total. The number of hydrogen-bond acceptors (Lipinski definition) is 5. The van der Waals surface area contributed by atoms with Crippen LogP contribution in [0.4, 0.5) is 5.69 Å². The Bertz CT molecular complexity index is 1200. The molecular weight excluding hydrogens is 386 g/mol. The van der Waals surface area contributed by atoms with Crippen LogP contribution in [-0.4, -0.2) is 34.0 Å². The van der Waals surface area contributed by atoms with Gasteiger partial charge < -0.3 is 4.90 Å². The van der Waals surface area contributed by atoms with Gasteiger partial charge in [-0.05, 0) is 49.7 Å². The van der Waals surface area contributed by atoms with Crippen LogP contribution >= 0.6 is 11.8 Å². The zero-order valence-corrected chi connectivity index (χ0v) is 17.3. The lowest BCUT2D eigenvalue weighted by Gasteiger charge is -2.16. The van der Waals surface area contributed by atoms with Gasteiger partial charge in [-0.2, -0.15) is 0 Å². The lowest BCUT2D eigenvalue weighted by atomic mass is 10.1. The Kier molecular flexibility index (Phi) is 5.00. The van der Waals surface area contributed by atoms with Crippen molar-refractivity contribution in [3.05, 3.63) is 63.9 Å². The molecular formula is C22H21N3O3S. The van der Waals surface area contributed by atoms with E-state index in [2.05, 4.69) is 4.98 Å². The molecule has 4 rings (SSSR count). The Balaban J connectivity index is 1.61. The number of anilines is 1. The number of nitrogens with zero attached hydrogens (tertiary/aromatic N) is 3. The van der Waals surface area contributed by atoms with Crippen LogP contribution in [0, 0.1) is 0 Å². The molecule has 2 heterocycles. The van der Waals surface area contributed by atoms with Crippen LogP contribution < -0.4 is 10.5 Å². The summed E-state index contributed by atoms with van der Waals surface area (Å²) >= 11 is 1.27. The molecule has 0 atom stereocenters. The fraction of sp³-hybridized carbons (Fsp3) is 0.273. The van der Waals surface area contributed by atoms with Crippen LogP contribution in [0.25, 0.3) is 10.9 Å². The number of hydrogen-bond donors (Lipinski definition) is 0. The second-order valence-electron chi connectivity index (χ2n) is 7.37. The van der Waals surface area contributed by atoms with Crippen LogP contribution in [-0.2, 0) is 11.2 Å². The number of carbonyl (C=O) groups excluding carboxylic acids is 2. The number of amides is 1. The summed E-state index contributed by atoms with van der Waals surface area (Å²) in [5.74, 6) is 0.137. The minimum atomic E-state index is -0.0976. The maximum absolute atomic E-state index is 12.9. The van der Waals surface area contributed by atoms with Crippen LogP contribution in [0.3, 0.4) is 0 Å². The highest BCUT2D eigenvalue weighted by atomic mass is 32.2. The largest absolute Gasteiger partial charge is 0.315 e. The molecule has 0 saturated carbocycles. The second kappa shape index (κ2) is 7.48. The van der Waals surface area contributed by atoms with E-state index in [1.54, 1.807) is 40.8 Å². The van der Waals surface area contributed by atoms with Crippen LogP contribution in [0.1, 0.15) is 35.8 Å². The minimum Gasteiger partial charge on any atom is -0.315 e. The smallest absolute Gasteiger partial charge is 0.262 e. The molecule has 1 amide bonds. The van der Waals surface area contributed by atoms with Crippen molar-refractivity contribution < 1.29 is 9.59 Å². The third-order valence-corrected chi connectivity index (χ3v) is 6.06. The van der Waals surface area contributed by atoms with E-state index in [0.29, 0.717) is 28.0 Å². The van der Waals surface area contributed by atoms with Crippen LogP contribution in [0.5, 0.6) is 0 Å². The first-order chi connectivity index (χ1) is 13.9. The molecule has 0 spiro atoms. The fourth-order valence-corrected chi connectivity index (χ4v) is 4.56. The number of carbonyl (C=O) groups is 2. The van der Waals surface area contributed by atoms with Crippen molar-refractivity contribution in [2.24, 2.45) is 0 Å². The molecule has 1 aromatic heterocycles. The van der Waals surface area contributed by atoms with E-state index in [1.807, 2.05) is 32.0 Å². The molecule has 2 aromatic carbocycles. The van der Waals surface area contributed by atoms with Gasteiger partial charge in [0.25, 0.3) is 5.56 Å². The summed E-state index contributed by atoms with van der Waals surface area (Å²) in [5.41, 5.74) is 2.82. The highest BCUT2D eigenvalue weighted by molar-refractivity contribution is 7.99. The molecule has 7 heteroatoms. The van der Waals surface area contributed by atoms with E-state index in [9.17, 15) is 14.4 Å². The summed E-state index contributed by atoms with van der Waals surface area (Å²) in [4.78, 5) is 43.8. The molecule has 0 fully saturated rings. The molecule has 0 bridgehead atoms. The number of para-hydroxylation sites is 1. The Morgan fingerprint density at radius 1 is 1.17 bits per heavy atom. The maximum Gasteiger partial charge on any atom is 0.262 e. The molecule has 0 aliphatic carbocycles. The topological polar surface area (TPSA) is 72.3 Å². The van der Waals surface area contributed by atoms with Crippen LogP contribution in [0.2, 0.25) is 0 Å². The standard InChI is InChI=1S/C22H21N3O3S/c1-13(2)25-21(28)16-6-4-5-7-17(16)23-22(25)29-12-19(26)14-8-9-18-15(10-14)11-20(27)24(18)3/h4-10,13H,11-12H2,1-3H3. The van der Waals surface area contributed by atoms with Gasteiger partial charge in [-0.1, -0.05) is 23.9 Å². The Labute approximate surface area is 172 Å². The lowest BCUT2D eigenvalue weighted by molar-refractivity contribution is -0.117. The van der Waals surface area contributed by atoms with Crippen molar-refractivity contribution in [1.82, 2.24) is 9.55 Å². The summed E-state index contributed by atoms with van der Waals surface area (Å²) in [6, 6.07) is 12.5. The number of ketones is 1. The molecule has 6 nitrogen and oxygen atoms in total. The van der Waals surface area contributed by atoms with Gasteiger partial charge in [0.1, 0.15) is 0 Å². The second-order valence-corrected chi connectivity index (χ2v) is 8.31. The van der Waals surface area contributed by atoms with Gasteiger partial charge >= 0.3 is 0 Å². The lowest BCUT2D eigenvalue weighted by Crippen LogP contribution is -2.25. The highest BCUT2D eigenvalue weighted by Gasteiger charge is 2.25. The highest BCUT2D eigenvalue weighted by Crippen LogP contribution is 2.29. The predicted octanol–water partition coefficient (Wildman–Crippen LogP) is 3.47. The quantitative estimate of drug-likeness (QED) is 0.368. The normalized spacial score (nSPS) is 13.4. The molecule has 29 heavy (non-hydrogen) atoms.